The van der Waals surface area contributed by atoms with Crippen molar-refractivity contribution >= 4 is 32.8 Å². The number of hydrogen-bond acceptors (Lipinski definition) is 8. The van der Waals surface area contributed by atoms with Crippen LogP contribution >= 0.6 is 11.6 Å². The Labute approximate surface area is 154 Å². The van der Waals surface area contributed by atoms with E-state index in [0.717, 1.165) is 0 Å². The van der Waals surface area contributed by atoms with Crippen LogP contribution in [0.2, 0.25) is 5.15 Å². The van der Waals surface area contributed by atoms with E-state index in [-0.39, 0.29) is 17.3 Å². The van der Waals surface area contributed by atoms with Gasteiger partial charge in [-0.25, -0.2) is 28.5 Å². The summed E-state index contributed by atoms with van der Waals surface area (Å²) in [6.45, 7) is 3.59. The predicted molar refractivity (Wildman–Crippen MR) is 90.7 cm³/mol. The molecule has 0 aliphatic carbocycles. The van der Waals surface area contributed by atoms with Crippen molar-refractivity contribution in [3.63, 3.8) is 0 Å². The van der Waals surface area contributed by atoms with Gasteiger partial charge in [-0.15, -0.1) is 0 Å². The maximum atomic E-state index is 11.3. The number of halogens is 1. The molecule has 26 heavy (non-hydrogen) atoms. The number of rotatable bonds is 4. The fourth-order valence-electron chi connectivity index (χ4n) is 3.41. The highest BCUT2D eigenvalue weighted by atomic mass is 35.5. The summed E-state index contributed by atoms with van der Waals surface area (Å²) in [4.78, 5) is 12.4. The Morgan fingerprint density at radius 3 is 2.73 bits per heavy atom. The maximum Gasteiger partial charge on any atom is 0.209 e. The Hall–Kier alpha value is -1.37. The van der Waals surface area contributed by atoms with Crippen molar-refractivity contribution in [2.24, 2.45) is 5.14 Å². The zero-order valence-corrected chi connectivity index (χ0v) is 15.6. The third kappa shape index (κ3) is 3.19. The number of imidazole rings is 1. The summed E-state index contributed by atoms with van der Waals surface area (Å²) >= 11 is 6.06. The van der Waals surface area contributed by atoms with E-state index in [2.05, 4.69) is 15.0 Å². The van der Waals surface area contributed by atoms with Crippen LogP contribution in [0.5, 0.6) is 0 Å². The minimum atomic E-state index is -3.61. The average Bonchev–Trinajstić information content (AvgIpc) is 3.16. The lowest BCUT2D eigenvalue weighted by atomic mass is 10.1. The van der Waals surface area contributed by atoms with Gasteiger partial charge in [0.15, 0.2) is 22.8 Å². The number of hydrogen-bond donors (Lipinski definition) is 1. The zero-order chi connectivity index (χ0) is 18.7. The highest BCUT2D eigenvalue weighted by molar-refractivity contribution is 7.89. The summed E-state index contributed by atoms with van der Waals surface area (Å²) in [6.07, 6.45) is 1.09. The topological polar surface area (TPSA) is 131 Å². The number of sulfonamides is 1. The van der Waals surface area contributed by atoms with Crippen LogP contribution in [-0.4, -0.2) is 57.8 Å². The summed E-state index contributed by atoms with van der Waals surface area (Å²) in [5, 5.41) is 5.36. The lowest BCUT2D eigenvalue weighted by Gasteiger charge is -2.24. The lowest BCUT2D eigenvalue weighted by Crippen LogP contribution is -2.32. The summed E-state index contributed by atoms with van der Waals surface area (Å²) in [7, 11) is -3.61. The molecule has 0 amide bonds. The van der Waals surface area contributed by atoms with Crippen molar-refractivity contribution in [1.82, 2.24) is 19.5 Å². The van der Waals surface area contributed by atoms with Gasteiger partial charge in [-0.3, -0.25) is 4.57 Å². The summed E-state index contributed by atoms with van der Waals surface area (Å²) in [5.74, 6) is -1.03. The molecule has 2 aromatic rings. The molecule has 10 nitrogen and oxygen atoms in total. The van der Waals surface area contributed by atoms with E-state index in [0.29, 0.717) is 11.2 Å². The van der Waals surface area contributed by atoms with Gasteiger partial charge in [0.2, 0.25) is 10.0 Å². The van der Waals surface area contributed by atoms with Crippen LogP contribution < -0.4 is 5.14 Å². The van der Waals surface area contributed by atoms with Gasteiger partial charge in [0, 0.05) is 0 Å². The van der Waals surface area contributed by atoms with Crippen LogP contribution in [0.25, 0.3) is 11.2 Å². The molecule has 4 rings (SSSR count). The van der Waals surface area contributed by atoms with Crippen molar-refractivity contribution in [2.45, 2.75) is 50.6 Å². The molecule has 2 fully saturated rings. The quantitative estimate of drug-likeness (QED) is 0.733. The Morgan fingerprint density at radius 2 is 2.00 bits per heavy atom. The van der Waals surface area contributed by atoms with E-state index >= 15 is 0 Å². The number of nitrogens with two attached hydrogens (primary N) is 1. The molecule has 0 unspecified atom stereocenters. The predicted octanol–water partition coefficient (Wildman–Crippen LogP) is 0.576. The van der Waals surface area contributed by atoms with E-state index in [4.69, 9.17) is 31.0 Å². The van der Waals surface area contributed by atoms with Crippen LogP contribution in [0.3, 0.4) is 0 Å². The number of ether oxygens (including phenoxy) is 3. The number of nitrogens with zero attached hydrogens (tertiary/aromatic N) is 4. The third-order valence-corrected chi connectivity index (χ3v) is 5.48. The molecule has 4 heterocycles. The van der Waals surface area contributed by atoms with Crippen molar-refractivity contribution in [2.75, 3.05) is 5.75 Å². The van der Waals surface area contributed by atoms with E-state index in [1.807, 2.05) is 0 Å². The fourth-order valence-corrected chi connectivity index (χ4v) is 4.14. The zero-order valence-electron chi connectivity index (χ0n) is 14.1. The molecular weight excluding hydrogens is 386 g/mol. The molecule has 0 saturated carbocycles. The largest absolute Gasteiger partial charge is 0.349 e. The Morgan fingerprint density at radius 1 is 1.27 bits per heavy atom. The third-order valence-electron chi connectivity index (χ3n) is 4.40. The molecule has 2 aliphatic rings. The van der Waals surface area contributed by atoms with Gasteiger partial charge < -0.3 is 14.2 Å². The van der Waals surface area contributed by atoms with Crippen LogP contribution in [0.15, 0.2) is 12.7 Å². The number of primary sulfonamides is 1. The van der Waals surface area contributed by atoms with Crippen molar-refractivity contribution in [3.8, 4) is 0 Å². The molecule has 2 aliphatic heterocycles. The number of fused-ring (bicyclic) bond motifs is 2. The summed E-state index contributed by atoms with van der Waals surface area (Å²) in [6, 6.07) is 0. The summed E-state index contributed by atoms with van der Waals surface area (Å²) in [5.41, 5.74) is 0.939. The standard InChI is InChI=1S/C14H18ClN5O5S/c1-14(2)24-9-7(3-4-26(16,21)22)23-13(10(9)25-14)20-6-19-8-11(15)17-5-18-12(8)20/h5-7,9-10,13H,3-4H2,1-2H3,(H2,16,21,22)/t7-,9-,10-,13-/m1/s1. The van der Waals surface area contributed by atoms with Crippen LogP contribution in [-0.2, 0) is 24.2 Å². The highest BCUT2D eigenvalue weighted by Gasteiger charge is 2.56. The second-order valence-corrected chi connectivity index (χ2v) is 8.87. The van der Waals surface area contributed by atoms with Crippen molar-refractivity contribution < 1.29 is 22.6 Å². The van der Waals surface area contributed by atoms with Crippen LogP contribution in [0.1, 0.15) is 26.5 Å². The first kappa shape index (κ1) is 18.0. The normalized spacial score (nSPS) is 30.8. The average molecular weight is 404 g/mol. The first-order valence-electron chi connectivity index (χ1n) is 7.99. The Balaban J connectivity index is 1.68. The van der Waals surface area contributed by atoms with Gasteiger partial charge in [0.05, 0.1) is 18.2 Å². The minimum absolute atomic E-state index is 0.193. The molecule has 2 saturated heterocycles. The van der Waals surface area contributed by atoms with Crippen LogP contribution in [0.4, 0.5) is 0 Å². The first-order chi connectivity index (χ1) is 12.1. The fraction of sp³-hybridized carbons (Fsp3) is 0.643. The van der Waals surface area contributed by atoms with Gasteiger partial charge in [0.1, 0.15) is 24.1 Å². The highest BCUT2D eigenvalue weighted by Crippen LogP contribution is 2.44. The first-order valence-corrected chi connectivity index (χ1v) is 10.1. The Bertz CT molecular complexity index is 948. The van der Waals surface area contributed by atoms with Crippen molar-refractivity contribution in [1.29, 1.82) is 0 Å². The molecule has 2 aromatic heterocycles. The molecule has 12 heteroatoms. The smallest absolute Gasteiger partial charge is 0.209 e. The Kier molecular flexibility index (Phi) is 4.21. The maximum absolute atomic E-state index is 11.3. The van der Waals surface area contributed by atoms with Gasteiger partial charge in [-0.05, 0) is 20.3 Å². The molecular formula is C14H18ClN5O5S. The molecule has 142 valence electrons. The molecule has 0 spiro atoms. The molecule has 0 bridgehead atoms. The van der Waals surface area contributed by atoms with Crippen LogP contribution in [0, 0.1) is 0 Å². The van der Waals surface area contributed by atoms with E-state index in [1.54, 1.807) is 24.7 Å². The van der Waals surface area contributed by atoms with Gasteiger partial charge in [-0.1, -0.05) is 11.6 Å². The molecule has 4 atom stereocenters. The number of aromatic nitrogens is 4. The minimum Gasteiger partial charge on any atom is -0.349 e. The van der Waals surface area contributed by atoms with Crippen molar-refractivity contribution in [3.05, 3.63) is 17.8 Å². The summed E-state index contributed by atoms with van der Waals surface area (Å²) < 4.78 is 42.4. The van der Waals surface area contributed by atoms with Gasteiger partial charge >= 0.3 is 0 Å². The molecule has 0 aromatic carbocycles. The lowest BCUT2D eigenvalue weighted by molar-refractivity contribution is -0.196. The molecule has 2 N–H and O–H groups in total. The second kappa shape index (κ2) is 6.08. The second-order valence-electron chi connectivity index (χ2n) is 6.77. The monoisotopic (exact) mass is 403 g/mol. The van der Waals surface area contributed by atoms with E-state index in [9.17, 15) is 8.42 Å². The van der Waals surface area contributed by atoms with Gasteiger partial charge in [-0.2, -0.15) is 0 Å². The SMILES string of the molecule is CC1(C)O[C@@H]2[C@H](O1)[C@@H](CCS(N)(=O)=O)O[C@H]2n1cnc2c(Cl)ncnc21. The van der Waals surface area contributed by atoms with E-state index in [1.165, 1.54) is 6.33 Å². The molecule has 0 radical (unpaired) electrons. The van der Waals surface area contributed by atoms with Gasteiger partial charge in [0.25, 0.3) is 0 Å². The van der Waals surface area contributed by atoms with E-state index < -0.39 is 40.4 Å².